The summed E-state index contributed by atoms with van der Waals surface area (Å²) in [4.78, 5) is 11.8. The lowest BCUT2D eigenvalue weighted by atomic mass is 10.1. The van der Waals surface area contributed by atoms with Crippen LogP contribution in [0.5, 0.6) is 0 Å². The maximum absolute atomic E-state index is 11.8. The molecule has 1 N–H and O–H groups in total. The van der Waals surface area contributed by atoms with Crippen LogP contribution in [-0.4, -0.2) is 19.8 Å². The number of carbonyl (C=O) groups excluding carboxylic acids is 1. The summed E-state index contributed by atoms with van der Waals surface area (Å²) in [6.07, 6.45) is -0.395. The van der Waals surface area contributed by atoms with Gasteiger partial charge in [-0.3, -0.25) is 0 Å². The summed E-state index contributed by atoms with van der Waals surface area (Å²) in [5.41, 5.74) is 7.21. The average Bonchev–Trinajstić information content (AvgIpc) is 2.52. The Balaban J connectivity index is 2.86. The Hall–Kier alpha value is -1.73. The molecule has 0 spiro atoms. The Labute approximate surface area is 167 Å². The van der Waals surface area contributed by atoms with E-state index in [1.54, 1.807) is 0 Å². The third kappa shape index (κ3) is 6.73. The number of rotatable bonds is 5. The highest BCUT2D eigenvalue weighted by atomic mass is 28.3. The maximum atomic E-state index is 11.8. The highest BCUT2D eigenvalue weighted by Gasteiger charge is 2.41. The van der Waals surface area contributed by atoms with Gasteiger partial charge in [0.1, 0.15) is 13.7 Å². The molecular weight excluding hydrogens is 350 g/mol. The van der Waals surface area contributed by atoms with E-state index in [1.807, 2.05) is 45.0 Å². The second kappa shape index (κ2) is 9.46. The fourth-order valence-corrected chi connectivity index (χ4v) is 9.03. The van der Waals surface area contributed by atoms with E-state index < -0.39 is 19.8 Å². The maximum Gasteiger partial charge on any atom is 0.407 e. The zero-order valence-electron chi connectivity index (χ0n) is 18.6. The number of nitrogens with one attached hydrogen (secondary N) is 1. The third-order valence-corrected chi connectivity index (χ3v) is 11.4. The monoisotopic (exact) mass is 387 g/mol. The van der Waals surface area contributed by atoms with Crippen LogP contribution >= 0.6 is 0 Å². The molecule has 0 radical (unpaired) electrons. The van der Waals surface area contributed by atoms with E-state index in [0.29, 0.717) is 23.2 Å². The van der Waals surface area contributed by atoms with Crippen LogP contribution in [0.15, 0.2) is 24.3 Å². The number of alkyl carbamates (subject to hydrolysis) is 1. The van der Waals surface area contributed by atoms with Crippen LogP contribution in [0, 0.1) is 11.5 Å². The first-order valence-corrected chi connectivity index (χ1v) is 12.2. The van der Waals surface area contributed by atoms with Crippen LogP contribution in [0.4, 0.5) is 4.79 Å². The molecule has 0 saturated heterocycles. The van der Waals surface area contributed by atoms with Crippen molar-refractivity contribution in [3.05, 3.63) is 35.4 Å². The molecule has 0 heterocycles. The Bertz CT molecular complexity index is 651. The van der Waals surface area contributed by atoms with Crippen LogP contribution < -0.4 is 5.32 Å². The quantitative estimate of drug-likeness (QED) is 0.477. The Morgan fingerprint density at radius 2 is 1.48 bits per heavy atom. The molecule has 4 heteroatoms. The predicted octanol–water partition coefficient (Wildman–Crippen LogP) is 6.28. The summed E-state index contributed by atoms with van der Waals surface area (Å²) in [7, 11) is -1.71. The summed E-state index contributed by atoms with van der Waals surface area (Å²) in [5.74, 6) is 3.45. The molecule has 0 aromatic heterocycles. The molecule has 27 heavy (non-hydrogen) atoms. The zero-order chi connectivity index (χ0) is 20.8. The van der Waals surface area contributed by atoms with Crippen molar-refractivity contribution in [2.24, 2.45) is 0 Å². The van der Waals surface area contributed by atoms with E-state index in [4.69, 9.17) is 4.74 Å². The van der Waals surface area contributed by atoms with Crippen LogP contribution in [0.2, 0.25) is 16.6 Å². The highest BCUT2D eigenvalue weighted by Crippen LogP contribution is 2.40. The molecule has 0 saturated carbocycles. The van der Waals surface area contributed by atoms with Crippen molar-refractivity contribution in [3.8, 4) is 11.5 Å². The van der Waals surface area contributed by atoms with E-state index in [2.05, 4.69) is 58.3 Å². The van der Waals surface area contributed by atoms with Crippen molar-refractivity contribution in [3.63, 3.8) is 0 Å². The van der Waals surface area contributed by atoms with Gasteiger partial charge in [-0.25, -0.2) is 4.79 Å². The van der Waals surface area contributed by atoms with Crippen LogP contribution in [0.1, 0.15) is 73.4 Å². The largest absolute Gasteiger partial charge is 0.444 e. The summed E-state index contributed by atoms with van der Waals surface area (Å²) < 4.78 is 5.26. The van der Waals surface area contributed by atoms with Gasteiger partial charge < -0.3 is 10.1 Å². The van der Waals surface area contributed by atoms with Crippen molar-refractivity contribution in [2.75, 3.05) is 0 Å². The highest BCUT2D eigenvalue weighted by molar-refractivity contribution is 6.90. The van der Waals surface area contributed by atoms with Gasteiger partial charge in [-0.2, -0.15) is 0 Å². The topological polar surface area (TPSA) is 38.3 Å². The van der Waals surface area contributed by atoms with E-state index >= 15 is 0 Å². The number of amides is 1. The number of hydrogen-bond donors (Lipinski definition) is 1. The van der Waals surface area contributed by atoms with Crippen molar-refractivity contribution < 1.29 is 9.53 Å². The van der Waals surface area contributed by atoms with E-state index in [0.717, 1.165) is 11.1 Å². The summed E-state index contributed by atoms with van der Waals surface area (Å²) in [6, 6.07) is 8.12. The number of ether oxygens (including phenoxy) is 1. The van der Waals surface area contributed by atoms with Gasteiger partial charge in [0.2, 0.25) is 0 Å². The Morgan fingerprint density at radius 3 is 1.89 bits per heavy atom. The van der Waals surface area contributed by atoms with Gasteiger partial charge in [0.05, 0.1) is 0 Å². The second-order valence-electron chi connectivity index (χ2n) is 9.20. The first-order valence-electron chi connectivity index (χ1n) is 9.97. The minimum atomic E-state index is -1.71. The van der Waals surface area contributed by atoms with Crippen molar-refractivity contribution in [1.82, 2.24) is 5.32 Å². The van der Waals surface area contributed by atoms with Gasteiger partial charge in [-0.1, -0.05) is 59.6 Å². The van der Waals surface area contributed by atoms with Crippen LogP contribution in [-0.2, 0) is 11.3 Å². The van der Waals surface area contributed by atoms with Crippen molar-refractivity contribution in [2.45, 2.75) is 91.1 Å². The summed E-state index contributed by atoms with van der Waals surface area (Å²) in [6.45, 7) is 20.0. The lowest BCUT2D eigenvalue weighted by molar-refractivity contribution is 0.0523. The van der Waals surface area contributed by atoms with E-state index in [1.165, 1.54) is 0 Å². The molecule has 0 aliphatic carbocycles. The van der Waals surface area contributed by atoms with Gasteiger partial charge in [-0.15, -0.1) is 5.54 Å². The van der Waals surface area contributed by atoms with Crippen LogP contribution in [0.25, 0.3) is 0 Å². The molecule has 0 aliphatic rings. The van der Waals surface area contributed by atoms with Gasteiger partial charge >= 0.3 is 6.09 Å². The van der Waals surface area contributed by atoms with E-state index in [9.17, 15) is 4.79 Å². The normalized spacial score (nSPS) is 12.1. The van der Waals surface area contributed by atoms with Crippen molar-refractivity contribution >= 4 is 14.2 Å². The van der Waals surface area contributed by atoms with Gasteiger partial charge in [-0.05, 0) is 55.1 Å². The molecule has 1 amide bonds. The molecule has 1 aromatic carbocycles. The minimum absolute atomic E-state index is 0.395. The Kier molecular flexibility index (Phi) is 8.17. The van der Waals surface area contributed by atoms with Gasteiger partial charge in [0.25, 0.3) is 0 Å². The average molecular weight is 388 g/mol. The molecule has 0 unspecified atom stereocenters. The molecule has 1 aromatic rings. The smallest absolute Gasteiger partial charge is 0.407 e. The minimum Gasteiger partial charge on any atom is -0.444 e. The molecule has 0 atom stereocenters. The fourth-order valence-electron chi connectivity index (χ4n) is 3.81. The van der Waals surface area contributed by atoms with Crippen molar-refractivity contribution in [1.29, 1.82) is 0 Å². The molecular formula is C23H37NO2Si. The molecule has 0 fully saturated rings. The van der Waals surface area contributed by atoms with Gasteiger partial charge in [0.15, 0.2) is 0 Å². The SMILES string of the molecule is CC(C)[Si](C#Cc1ccc(CNC(=O)OC(C)(C)C)cc1)(C(C)C)C(C)C. The third-order valence-electron chi connectivity index (χ3n) is 5.08. The van der Waals surface area contributed by atoms with Crippen LogP contribution in [0.3, 0.4) is 0 Å². The summed E-state index contributed by atoms with van der Waals surface area (Å²) in [5, 5.41) is 2.79. The standard InChI is InChI=1S/C23H37NO2Si/c1-17(2)27(18(3)4,19(5)6)15-14-20-10-12-21(13-11-20)16-24-22(25)26-23(7,8)9/h10-13,17-19H,16H2,1-9H3,(H,24,25). The number of benzene rings is 1. The number of carbonyl (C=O) groups is 1. The lowest BCUT2D eigenvalue weighted by Crippen LogP contribution is -2.43. The van der Waals surface area contributed by atoms with E-state index in [-0.39, 0.29) is 0 Å². The Morgan fingerprint density at radius 1 is 1.00 bits per heavy atom. The molecule has 150 valence electrons. The number of hydrogen-bond acceptors (Lipinski definition) is 2. The predicted molar refractivity (Wildman–Crippen MR) is 117 cm³/mol. The molecule has 0 aliphatic heterocycles. The fraction of sp³-hybridized carbons (Fsp3) is 0.609. The molecule has 1 rings (SSSR count). The lowest BCUT2D eigenvalue weighted by Gasteiger charge is -2.38. The molecule has 0 bridgehead atoms. The van der Waals surface area contributed by atoms with Gasteiger partial charge in [0, 0.05) is 12.1 Å². The molecule has 3 nitrogen and oxygen atoms in total. The first kappa shape index (κ1) is 23.3. The second-order valence-corrected chi connectivity index (χ2v) is 14.8. The zero-order valence-corrected chi connectivity index (χ0v) is 19.6. The first-order chi connectivity index (χ1) is 12.4. The summed E-state index contributed by atoms with van der Waals surface area (Å²) >= 11 is 0.